The highest BCUT2D eigenvalue weighted by Gasteiger charge is 2.37. The first-order chi connectivity index (χ1) is 8.99. The predicted molar refractivity (Wildman–Crippen MR) is 76.8 cm³/mol. The Bertz CT molecular complexity index is 450. The number of carbonyl (C=O) groups is 1. The fourth-order valence-corrected chi connectivity index (χ4v) is 2.85. The Morgan fingerprint density at radius 1 is 1.63 bits per heavy atom. The standard InChI is InChI=1S/C13H17ClN2O2S/c1-13(12(17)18,16-10-3-4-10)6-7-19-11-5-2-9(14)8-15-11/h2,5,8,10,16H,3-4,6-7H2,1H3,(H,17,18). The minimum atomic E-state index is -0.847. The minimum Gasteiger partial charge on any atom is -0.480 e. The maximum absolute atomic E-state index is 11.4. The van der Waals surface area contributed by atoms with E-state index in [1.807, 2.05) is 6.07 Å². The van der Waals surface area contributed by atoms with Crippen LogP contribution in [0.5, 0.6) is 0 Å². The summed E-state index contributed by atoms with van der Waals surface area (Å²) in [4.78, 5) is 15.5. The minimum absolute atomic E-state index is 0.375. The van der Waals surface area contributed by atoms with Crippen LogP contribution in [0.4, 0.5) is 0 Å². The Balaban J connectivity index is 1.84. The highest BCUT2D eigenvalue weighted by atomic mass is 35.5. The molecular formula is C13H17ClN2O2S. The molecule has 2 N–H and O–H groups in total. The number of carboxylic acids is 1. The van der Waals surface area contributed by atoms with E-state index in [0.717, 1.165) is 17.9 Å². The summed E-state index contributed by atoms with van der Waals surface area (Å²) in [6.45, 7) is 1.75. The smallest absolute Gasteiger partial charge is 0.323 e. The van der Waals surface area contributed by atoms with Crippen LogP contribution in [0.2, 0.25) is 5.02 Å². The summed E-state index contributed by atoms with van der Waals surface area (Å²) in [5.41, 5.74) is -0.847. The average molecular weight is 301 g/mol. The number of thioether (sulfide) groups is 1. The highest BCUT2D eigenvalue weighted by molar-refractivity contribution is 7.99. The average Bonchev–Trinajstić information content (AvgIpc) is 3.15. The maximum Gasteiger partial charge on any atom is 0.323 e. The summed E-state index contributed by atoms with van der Waals surface area (Å²) < 4.78 is 0. The second-order valence-electron chi connectivity index (χ2n) is 4.97. The normalized spacial score (nSPS) is 18.0. The number of aromatic nitrogens is 1. The largest absolute Gasteiger partial charge is 0.480 e. The lowest BCUT2D eigenvalue weighted by atomic mass is 9.99. The van der Waals surface area contributed by atoms with Gasteiger partial charge in [0.05, 0.1) is 10.0 Å². The van der Waals surface area contributed by atoms with E-state index in [1.165, 1.54) is 0 Å². The first-order valence-electron chi connectivity index (χ1n) is 6.25. The molecule has 2 rings (SSSR count). The molecule has 6 heteroatoms. The molecule has 1 unspecified atom stereocenters. The number of pyridine rings is 1. The topological polar surface area (TPSA) is 62.2 Å². The SMILES string of the molecule is CC(CCSc1ccc(Cl)cn1)(NC1CC1)C(=O)O. The lowest BCUT2D eigenvalue weighted by molar-refractivity contribution is -0.144. The van der Waals surface area contributed by atoms with Crippen molar-refractivity contribution in [2.45, 2.75) is 42.8 Å². The van der Waals surface area contributed by atoms with Crippen LogP contribution < -0.4 is 5.32 Å². The van der Waals surface area contributed by atoms with Crippen LogP contribution in [0, 0.1) is 0 Å². The fraction of sp³-hybridized carbons (Fsp3) is 0.538. The lowest BCUT2D eigenvalue weighted by Gasteiger charge is -2.26. The molecule has 0 aromatic carbocycles. The molecule has 1 aliphatic rings. The van der Waals surface area contributed by atoms with Crippen LogP contribution in [0.25, 0.3) is 0 Å². The second-order valence-corrected chi connectivity index (χ2v) is 6.52. The van der Waals surface area contributed by atoms with Gasteiger partial charge in [-0.2, -0.15) is 0 Å². The third-order valence-corrected chi connectivity index (χ3v) is 4.29. The van der Waals surface area contributed by atoms with E-state index in [0.29, 0.717) is 23.2 Å². The van der Waals surface area contributed by atoms with Gasteiger partial charge in [0.1, 0.15) is 5.54 Å². The second kappa shape index (κ2) is 6.11. The summed E-state index contributed by atoms with van der Waals surface area (Å²) in [6.07, 6.45) is 4.32. The molecule has 0 amide bonds. The quantitative estimate of drug-likeness (QED) is 0.758. The van der Waals surface area contributed by atoms with Crippen molar-refractivity contribution in [3.63, 3.8) is 0 Å². The molecule has 1 atom stereocenters. The molecule has 1 saturated carbocycles. The summed E-state index contributed by atoms with van der Waals surface area (Å²) in [6, 6.07) is 4.01. The van der Waals surface area contributed by atoms with Gasteiger partial charge in [0.25, 0.3) is 0 Å². The zero-order valence-corrected chi connectivity index (χ0v) is 12.3. The molecular weight excluding hydrogens is 284 g/mol. The molecule has 19 heavy (non-hydrogen) atoms. The Morgan fingerprint density at radius 2 is 2.37 bits per heavy atom. The summed E-state index contributed by atoms with van der Waals surface area (Å²) in [7, 11) is 0. The molecule has 1 heterocycles. The van der Waals surface area contributed by atoms with Gasteiger partial charge in [-0.05, 0) is 38.3 Å². The number of aliphatic carboxylic acids is 1. The van der Waals surface area contributed by atoms with E-state index in [9.17, 15) is 9.90 Å². The van der Waals surface area contributed by atoms with E-state index in [1.54, 1.807) is 30.9 Å². The molecule has 1 aliphatic carbocycles. The van der Waals surface area contributed by atoms with Gasteiger partial charge in [0.2, 0.25) is 0 Å². The van der Waals surface area contributed by atoms with Crippen LogP contribution in [-0.2, 0) is 4.79 Å². The third-order valence-electron chi connectivity index (χ3n) is 3.12. The van der Waals surface area contributed by atoms with Crippen molar-refractivity contribution < 1.29 is 9.90 Å². The number of hydrogen-bond acceptors (Lipinski definition) is 4. The van der Waals surface area contributed by atoms with Crippen molar-refractivity contribution in [1.82, 2.24) is 10.3 Å². The Morgan fingerprint density at radius 3 is 2.89 bits per heavy atom. The van der Waals surface area contributed by atoms with Gasteiger partial charge in [0, 0.05) is 18.0 Å². The van der Waals surface area contributed by atoms with Crippen molar-refractivity contribution >= 4 is 29.3 Å². The van der Waals surface area contributed by atoms with Gasteiger partial charge in [-0.25, -0.2) is 4.98 Å². The Labute approximate surface area is 121 Å². The van der Waals surface area contributed by atoms with Crippen LogP contribution in [-0.4, -0.2) is 33.4 Å². The van der Waals surface area contributed by atoms with Crippen molar-refractivity contribution in [3.8, 4) is 0 Å². The molecule has 1 aromatic heterocycles. The number of rotatable bonds is 7. The van der Waals surface area contributed by atoms with E-state index < -0.39 is 11.5 Å². The number of halogens is 1. The number of nitrogens with one attached hydrogen (secondary N) is 1. The van der Waals surface area contributed by atoms with E-state index in [-0.39, 0.29) is 0 Å². The van der Waals surface area contributed by atoms with E-state index in [4.69, 9.17) is 11.6 Å². The van der Waals surface area contributed by atoms with Crippen LogP contribution in [0.1, 0.15) is 26.2 Å². The first-order valence-corrected chi connectivity index (χ1v) is 7.61. The molecule has 0 saturated heterocycles. The van der Waals surface area contributed by atoms with Gasteiger partial charge in [0.15, 0.2) is 0 Å². The van der Waals surface area contributed by atoms with Gasteiger partial charge in [-0.15, -0.1) is 11.8 Å². The van der Waals surface area contributed by atoms with Crippen LogP contribution >= 0.6 is 23.4 Å². The molecule has 4 nitrogen and oxygen atoms in total. The summed E-state index contributed by atoms with van der Waals surface area (Å²) in [5.74, 6) is -0.0824. The molecule has 0 radical (unpaired) electrons. The van der Waals surface area contributed by atoms with Gasteiger partial charge in [-0.1, -0.05) is 11.6 Å². The van der Waals surface area contributed by atoms with Crippen molar-refractivity contribution in [2.75, 3.05) is 5.75 Å². The third kappa shape index (κ3) is 4.37. The molecule has 104 valence electrons. The number of carboxylic acid groups (broad SMARTS) is 1. The zero-order valence-electron chi connectivity index (χ0n) is 10.7. The van der Waals surface area contributed by atoms with Crippen molar-refractivity contribution in [3.05, 3.63) is 23.4 Å². The number of hydrogen-bond donors (Lipinski definition) is 2. The van der Waals surface area contributed by atoms with Crippen molar-refractivity contribution in [2.24, 2.45) is 0 Å². The predicted octanol–water partition coefficient (Wildman–Crippen LogP) is 2.81. The van der Waals surface area contributed by atoms with Crippen LogP contribution in [0.15, 0.2) is 23.4 Å². The monoisotopic (exact) mass is 300 g/mol. The van der Waals surface area contributed by atoms with Crippen molar-refractivity contribution in [1.29, 1.82) is 0 Å². The first kappa shape index (κ1) is 14.6. The Hall–Kier alpha value is -0.780. The molecule has 0 spiro atoms. The lowest BCUT2D eigenvalue weighted by Crippen LogP contribution is -2.50. The molecule has 1 aromatic rings. The van der Waals surface area contributed by atoms with E-state index >= 15 is 0 Å². The summed E-state index contributed by atoms with van der Waals surface area (Å²) in [5, 5.41) is 14.0. The van der Waals surface area contributed by atoms with Gasteiger partial charge in [-0.3, -0.25) is 10.1 Å². The van der Waals surface area contributed by atoms with Crippen LogP contribution in [0.3, 0.4) is 0 Å². The Kier molecular flexibility index (Phi) is 4.71. The highest BCUT2D eigenvalue weighted by Crippen LogP contribution is 2.26. The van der Waals surface area contributed by atoms with E-state index in [2.05, 4.69) is 10.3 Å². The summed E-state index contributed by atoms with van der Waals surface area (Å²) >= 11 is 7.31. The molecule has 0 aliphatic heterocycles. The fourth-order valence-electron chi connectivity index (χ4n) is 1.73. The zero-order chi connectivity index (χ0) is 13.9. The number of nitrogens with zero attached hydrogens (tertiary/aromatic N) is 1. The molecule has 0 bridgehead atoms. The van der Waals surface area contributed by atoms with Gasteiger partial charge >= 0.3 is 5.97 Å². The maximum atomic E-state index is 11.4. The van der Waals surface area contributed by atoms with Gasteiger partial charge < -0.3 is 5.11 Å². The molecule has 1 fully saturated rings.